The topological polar surface area (TPSA) is 142 Å². The molecule has 0 aliphatic carbocycles. The van der Waals surface area contributed by atoms with Crippen LogP contribution in [0.15, 0.2) is 73.1 Å². The maximum atomic E-state index is 14.8. The molecule has 57 heavy (non-hydrogen) atoms. The van der Waals surface area contributed by atoms with Gasteiger partial charge in [-0.3, -0.25) is 19.8 Å². The first-order valence-corrected chi connectivity index (χ1v) is 19.8. The SMILES string of the molecule is C1CCOC1.C[C@H]1CCCN(Cc2cccc(N)c2F)C1.Cc1ccc(NC(=O)Nc2cccc(CN3CCC[C@H](C)C3)c2F)cn1.Cc1ccc(OC#N)cn1. The zero-order valence-corrected chi connectivity index (χ0v) is 33.8. The molecule has 7 rings (SSSR count). The van der Waals surface area contributed by atoms with Gasteiger partial charge >= 0.3 is 6.03 Å². The van der Waals surface area contributed by atoms with E-state index in [9.17, 15) is 13.6 Å². The molecule has 2 atom stereocenters. The minimum absolute atomic E-state index is 0.185. The molecule has 0 bridgehead atoms. The molecule has 3 aliphatic rings. The Hall–Kier alpha value is -5.16. The number of hydrogen-bond donors (Lipinski definition) is 3. The maximum Gasteiger partial charge on any atom is 0.323 e. The average Bonchev–Trinajstić information content (AvgIpc) is 3.79. The van der Waals surface area contributed by atoms with Crippen LogP contribution in [-0.2, 0) is 17.8 Å². The molecule has 0 unspecified atom stereocenters. The molecule has 3 aliphatic heterocycles. The lowest BCUT2D eigenvalue weighted by molar-refractivity contribution is 0.175. The molecular weight excluding hydrogens is 727 g/mol. The van der Waals surface area contributed by atoms with E-state index in [1.54, 1.807) is 61.0 Å². The molecule has 11 nitrogen and oxygen atoms in total. The van der Waals surface area contributed by atoms with Crippen molar-refractivity contribution in [1.29, 1.82) is 5.26 Å². The minimum atomic E-state index is -0.488. The van der Waals surface area contributed by atoms with Crippen molar-refractivity contribution in [2.45, 2.75) is 79.3 Å². The predicted octanol–water partition coefficient (Wildman–Crippen LogP) is 9.09. The highest BCUT2D eigenvalue weighted by atomic mass is 19.1. The summed E-state index contributed by atoms with van der Waals surface area (Å²) in [5.74, 6) is 1.22. The van der Waals surface area contributed by atoms with Gasteiger partial charge in [-0.05, 0) is 114 Å². The van der Waals surface area contributed by atoms with Gasteiger partial charge in [0.05, 0.1) is 29.5 Å². The van der Waals surface area contributed by atoms with Gasteiger partial charge in [-0.25, -0.2) is 13.6 Å². The van der Waals surface area contributed by atoms with E-state index < -0.39 is 6.03 Å². The van der Waals surface area contributed by atoms with Crippen LogP contribution in [0.4, 0.5) is 30.6 Å². The number of nitrogen functional groups attached to an aromatic ring is 1. The molecule has 5 heterocycles. The summed E-state index contributed by atoms with van der Waals surface area (Å²) in [5.41, 5.74) is 9.65. The number of aromatic nitrogens is 2. The van der Waals surface area contributed by atoms with Gasteiger partial charge in [0.15, 0.2) is 17.4 Å². The number of benzene rings is 2. The van der Waals surface area contributed by atoms with Gasteiger partial charge in [0.1, 0.15) is 0 Å². The monoisotopic (exact) mass is 784 g/mol. The summed E-state index contributed by atoms with van der Waals surface area (Å²) in [6.45, 7) is 15.6. The summed E-state index contributed by atoms with van der Waals surface area (Å²) in [4.78, 5) is 24.8. The van der Waals surface area contributed by atoms with Crippen LogP contribution < -0.4 is 21.1 Å². The summed E-state index contributed by atoms with van der Waals surface area (Å²) in [6.07, 6.45) is 12.1. The smallest absolute Gasteiger partial charge is 0.323 e. The molecule has 0 radical (unpaired) electrons. The summed E-state index contributed by atoms with van der Waals surface area (Å²) in [5, 5.41) is 13.3. The second kappa shape index (κ2) is 23.8. The predicted molar refractivity (Wildman–Crippen MR) is 221 cm³/mol. The summed E-state index contributed by atoms with van der Waals surface area (Å²) in [7, 11) is 0. The van der Waals surface area contributed by atoms with Gasteiger partial charge in [0.2, 0.25) is 0 Å². The molecule has 2 amide bonds. The minimum Gasteiger partial charge on any atom is -0.396 e. The molecule has 306 valence electrons. The summed E-state index contributed by atoms with van der Waals surface area (Å²) >= 11 is 0. The Morgan fingerprint density at radius 3 is 1.91 bits per heavy atom. The number of carbonyl (C=O) groups excluding carboxylic acids is 1. The van der Waals surface area contributed by atoms with Gasteiger partial charge < -0.3 is 25.8 Å². The van der Waals surface area contributed by atoms with Crippen molar-refractivity contribution in [3.63, 3.8) is 0 Å². The maximum absolute atomic E-state index is 14.8. The molecule has 3 saturated heterocycles. The lowest BCUT2D eigenvalue weighted by atomic mass is 9.99. The number of amides is 2. The fourth-order valence-corrected chi connectivity index (χ4v) is 6.77. The molecule has 4 N–H and O–H groups in total. The van der Waals surface area contributed by atoms with Crippen molar-refractivity contribution in [1.82, 2.24) is 19.8 Å². The number of anilines is 3. The van der Waals surface area contributed by atoms with Crippen LogP contribution in [0.5, 0.6) is 5.75 Å². The van der Waals surface area contributed by atoms with Gasteiger partial charge in [-0.2, -0.15) is 0 Å². The Balaban J connectivity index is 0.000000195. The first kappa shape index (κ1) is 44.6. The van der Waals surface area contributed by atoms with E-state index in [2.05, 4.69) is 49.0 Å². The number of likely N-dealkylation sites (tertiary alicyclic amines) is 2. The van der Waals surface area contributed by atoms with Crippen LogP contribution in [0.25, 0.3) is 0 Å². The Labute approximate surface area is 336 Å². The fourth-order valence-electron chi connectivity index (χ4n) is 6.77. The number of carbonyl (C=O) groups is 1. The third-order valence-corrected chi connectivity index (χ3v) is 9.75. The quantitative estimate of drug-likeness (QED) is 0.124. The molecule has 2 aromatic heterocycles. The van der Waals surface area contributed by atoms with E-state index in [0.717, 1.165) is 63.1 Å². The number of nitrogens with zero attached hydrogens (tertiary/aromatic N) is 5. The van der Waals surface area contributed by atoms with E-state index in [-0.39, 0.29) is 23.0 Å². The first-order chi connectivity index (χ1) is 27.5. The molecule has 4 aromatic rings. The number of urea groups is 1. The number of piperidine rings is 2. The van der Waals surface area contributed by atoms with E-state index in [1.165, 1.54) is 38.3 Å². The van der Waals surface area contributed by atoms with Crippen molar-refractivity contribution in [3.8, 4) is 12.0 Å². The third-order valence-electron chi connectivity index (χ3n) is 9.75. The van der Waals surface area contributed by atoms with Crippen molar-refractivity contribution in [2.24, 2.45) is 11.8 Å². The fraction of sp³-hybridized carbons (Fsp3) is 0.455. The number of nitriles is 1. The Morgan fingerprint density at radius 2 is 1.40 bits per heavy atom. The normalized spacial score (nSPS) is 17.9. The number of halogens is 2. The number of nitrogens with one attached hydrogen (secondary N) is 2. The number of ether oxygens (including phenoxy) is 2. The largest absolute Gasteiger partial charge is 0.396 e. The van der Waals surface area contributed by atoms with Crippen LogP contribution >= 0.6 is 0 Å². The lowest BCUT2D eigenvalue weighted by Crippen LogP contribution is -2.34. The van der Waals surface area contributed by atoms with Gasteiger partial charge in [-0.1, -0.05) is 38.1 Å². The number of rotatable bonds is 7. The Morgan fingerprint density at radius 1 is 0.825 bits per heavy atom. The lowest BCUT2D eigenvalue weighted by Gasteiger charge is -2.31. The average molecular weight is 785 g/mol. The number of nitrogens with two attached hydrogens (primary N) is 1. The van der Waals surface area contributed by atoms with Crippen LogP contribution in [0, 0.1) is 48.8 Å². The van der Waals surface area contributed by atoms with Gasteiger partial charge in [0.25, 0.3) is 6.26 Å². The second-order valence-corrected chi connectivity index (χ2v) is 15.0. The van der Waals surface area contributed by atoms with Crippen LogP contribution in [0.1, 0.15) is 74.9 Å². The van der Waals surface area contributed by atoms with E-state index >= 15 is 0 Å². The Kier molecular flexibility index (Phi) is 18.6. The summed E-state index contributed by atoms with van der Waals surface area (Å²) < 4.78 is 37.9. The molecule has 3 fully saturated rings. The van der Waals surface area contributed by atoms with Crippen molar-refractivity contribution >= 4 is 23.1 Å². The zero-order chi connectivity index (χ0) is 41.0. The van der Waals surface area contributed by atoms with Crippen molar-refractivity contribution in [2.75, 3.05) is 55.8 Å². The van der Waals surface area contributed by atoms with Crippen LogP contribution in [0.2, 0.25) is 0 Å². The van der Waals surface area contributed by atoms with Crippen LogP contribution in [-0.4, -0.2) is 65.2 Å². The van der Waals surface area contributed by atoms with Gasteiger partial charge in [-0.15, -0.1) is 5.26 Å². The molecule has 2 aromatic carbocycles. The van der Waals surface area contributed by atoms with Gasteiger partial charge in [0, 0.05) is 61.9 Å². The standard InChI is InChI=1S/C20H25FN4O.C13H19FN2.C7H6N2O.C4H8O/c1-14-5-4-10-25(12-14)13-16-6-3-7-18(19(16)21)24-20(26)23-17-9-8-15(2)22-11-17;1-10-4-3-7-16(8-10)9-11-5-2-6-12(15)13(11)14;1-6-2-3-7(4-9-6)10-5-8;1-2-4-5-3-1/h3,6-9,11,14H,4-5,10,12-13H2,1-2H3,(H2,23,24,26);2,5-6,10H,3-4,7-9,15H2,1H3;2-4H,1H3;1-4H2/t14-;10-;;/m00../s1. The van der Waals surface area contributed by atoms with Crippen molar-refractivity contribution < 1.29 is 23.0 Å². The first-order valence-electron chi connectivity index (χ1n) is 19.8. The zero-order valence-electron chi connectivity index (χ0n) is 33.8. The van der Waals surface area contributed by atoms with E-state index in [0.29, 0.717) is 41.6 Å². The number of aryl methyl sites for hydroxylation is 2. The van der Waals surface area contributed by atoms with Crippen LogP contribution in [0.3, 0.4) is 0 Å². The number of pyridine rings is 2. The third kappa shape index (κ3) is 16.1. The van der Waals surface area contributed by atoms with Crippen molar-refractivity contribution in [3.05, 3.63) is 107 Å². The highest BCUT2D eigenvalue weighted by molar-refractivity contribution is 5.99. The second-order valence-electron chi connectivity index (χ2n) is 15.0. The highest BCUT2D eigenvalue weighted by Gasteiger charge is 2.20. The number of hydrogen-bond acceptors (Lipinski definition) is 9. The molecule has 13 heteroatoms. The molecular formula is C44H58F2N8O3. The highest BCUT2D eigenvalue weighted by Crippen LogP contribution is 2.24. The summed E-state index contributed by atoms with van der Waals surface area (Å²) in [6, 6.07) is 16.9. The van der Waals surface area contributed by atoms with E-state index in [1.807, 2.05) is 26.0 Å². The Bertz CT molecular complexity index is 1840. The molecule has 0 spiro atoms. The molecule has 0 saturated carbocycles. The van der Waals surface area contributed by atoms with E-state index in [4.69, 9.17) is 15.7 Å².